The first-order valence-electron chi connectivity index (χ1n) is 4.59. The number of fused-ring (bicyclic) bond motifs is 1. The second-order valence-electron chi connectivity index (χ2n) is 4.07. The summed E-state index contributed by atoms with van der Waals surface area (Å²) in [5, 5.41) is 3.37. The van der Waals surface area contributed by atoms with Crippen LogP contribution >= 0.6 is 0 Å². The molecule has 1 unspecified atom stereocenters. The van der Waals surface area contributed by atoms with Crippen molar-refractivity contribution in [3.63, 3.8) is 0 Å². The highest BCUT2D eigenvalue weighted by Gasteiger charge is 2.55. The van der Waals surface area contributed by atoms with Gasteiger partial charge in [0.05, 0.1) is 12.3 Å². The van der Waals surface area contributed by atoms with Crippen molar-refractivity contribution in [2.45, 2.75) is 25.3 Å². The Morgan fingerprint density at radius 2 is 2.42 bits per heavy atom. The predicted octanol–water partition coefficient (Wildman–Crippen LogP) is 1.88. The van der Waals surface area contributed by atoms with Gasteiger partial charge in [-0.2, -0.15) is 0 Å². The van der Waals surface area contributed by atoms with E-state index in [1.165, 1.54) is 30.6 Å². The van der Waals surface area contributed by atoms with Gasteiger partial charge in [0.2, 0.25) is 0 Å². The SMILES string of the molecule is CNC1c2occc2CC12CC2. The van der Waals surface area contributed by atoms with Gasteiger partial charge in [0.1, 0.15) is 5.76 Å². The van der Waals surface area contributed by atoms with Crippen molar-refractivity contribution < 1.29 is 4.42 Å². The standard InChI is InChI=1S/C10H13NO/c1-11-9-8-7(2-5-12-8)6-10(9)3-4-10/h2,5,9,11H,3-4,6H2,1H3. The quantitative estimate of drug-likeness (QED) is 0.683. The highest BCUT2D eigenvalue weighted by atomic mass is 16.3. The Kier molecular flexibility index (Phi) is 1.09. The van der Waals surface area contributed by atoms with Gasteiger partial charge in [-0.25, -0.2) is 0 Å². The number of hydrogen-bond donors (Lipinski definition) is 1. The lowest BCUT2D eigenvalue weighted by Crippen LogP contribution is -2.22. The molecule has 1 aromatic heterocycles. The summed E-state index contributed by atoms with van der Waals surface area (Å²) in [6.07, 6.45) is 5.76. The second-order valence-corrected chi connectivity index (χ2v) is 4.07. The molecule has 12 heavy (non-hydrogen) atoms. The largest absolute Gasteiger partial charge is 0.467 e. The van der Waals surface area contributed by atoms with Crippen LogP contribution in [0.15, 0.2) is 16.7 Å². The molecule has 1 N–H and O–H groups in total. The zero-order chi connectivity index (χ0) is 8.18. The summed E-state index contributed by atoms with van der Waals surface area (Å²) in [4.78, 5) is 0. The van der Waals surface area contributed by atoms with Crippen molar-refractivity contribution in [1.82, 2.24) is 5.32 Å². The maximum Gasteiger partial charge on any atom is 0.124 e. The molecule has 1 atom stereocenters. The molecule has 0 aromatic carbocycles. The van der Waals surface area contributed by atoms with Crippen LogP contribution in [0.2, 0.25) is 0 Å². The van der Waals surface area contributed by atoms with Crippen LogP contribution in [-0.2, 0) is 6.42 Å². The van der Waals surface area contributed by atoms with E-state index in [1.54, 1.807) is 0 Å². The maximum atomic E-state index is 5.49. The minimum atomic E-state index is 0.488. The van der Waals surface area contributed by atoms with Crippen LogP contribution in [0.5, 0.6) is 0 Å². The Morgan fingerprint density at radius 3 is 3.08 bits per heavy atom. The second kappa shape index (κ2) is 1.94. The number of furan rings is 1. The summed E-state index contributed by atoms with van der Waals surface area (Å²) in [6, 6.07) is 2.61. The smallest absolute Gasteiger partial charge is 0.124 e. The molecule has 1 heterocycles. The third-order valence-electron chi connectivity index (χ3n) is 3.38. The molecule has 64 valence electrons. The van der Waals surface area contributed by atoms with Gasteiger partial charge in [0, 0.05) is 0 Å². The topological polar surface area (TPSA) is 25.2 Å². The van der Waals surface area contributed by atoms with Gasteiger partial charge in [-0.05, 0) is 43.4 Å². The van der Waals surface area contributed by atoms with Gasteiger partial charge < -0.3 is 9.73 Å². The summed E-state index contributed by atoms with van der Waals surface area (Å²) < 4.78 is 5.49. The first kappa shape index (κ1) is 6.72. The molecule has 2 aliphatic carbocycles. The lowest BCUT2D eigenvalue weighted by Gasteiger charge is -2.16. The molecule has 1 fully saturated rings. The highest BCUT2D eigenvalue weighted by molar-refractivity contribution is 5.34. The average molecular weight is 163 g/mol. The summed E-state index contributed by atoms with van der Waals surface area (Å²) >= 11 is 0. The molecule has 1 aromatic rings. The van der Waals surface area contributed by atoms with Crippen molar-refractivity contribution in [1.29, 1.82) is 0 Å². The first-order valence-corrected chi connectivity index (χ1v) is 4.59. The molecule has 2 nitrogen and oxygen atoms in total. The van der Waals surface area contributed by atoms with Gasteiger partial charge in [-0.15, -0.1) is 0 Å². The monoisotopic (exact) mass is 163 g/mol. The van der Waals surface area contributed by atoms with E-state index in [0.29, 0.717) is 11.5 Å². The van der Waals surface area contributed by atoms with Gasteiger partial charge in [0.25, 0.3) is 0 Å². The number of rotatable bonds is 1. The molecule has 2 aliphatic rings. The zero-order valence-electron chi connectivity index (χ0n) is 7.26. The van der Waals surface area contributed by atoms with Crippen LogP contribution in [0.3, 0.4) is 0 Å². The van der Waals surface area contributed by atoms with Crippen LogP contribution in [0, 0.1) is 5.41 Å². The van der Waals surface area contributed by atoms with E-state index < -0.39 is 0 Å². The van der Waals surface area contributed by atoms with Crippen LogP contribution in [0.4, 0.5) is 0 Å². The third-order valence-corrected chi connectivity index (χ3v) is 3.38. The molecule has 2 heteroatoms. The third kappa shape index (κ3) is 0.643. The Balaban J connectivity index is 2.07. The van der Waals surface area contributed by atoms with Crippen molar-refractivity contribution >= 4 is 0 Å². The summed E-state index contributed by atoms with van der Waals surface area (Å²) in [6.45, 7) is 0. The van der Waals surface area contributed by atoms with Crippen LogP contribution in [0.25, 0.3) is 0 Å². The Bertz CT molecular complexity index is 311. The fourth-order valence-electron chi connectivity index (χ4n) is 2.57. The molecular weight excluding hydrogens is 150 g/mol. The van der Waals surface area contributed by atoms with Crippen LogP contribution in [-0.4, -0.2) is 7.05 Å². The van der Waals surface area contributed by atoms with Crippen molar-refractivity contribution in [3.05, 3.63) is 23.7 Å². The summed E-state index contributed by atoms with van der Waals surface area (Å²) in [5.74, 6) is 1.19. The summed E-state index contributed by atoms with van der Waals surface area (Å²) in [5.41, 5.74) is 1.97. The van der Waals surface area contributed by atoms with E-state index in [9.17, 15) is 0 Å². The number of nitrogens with one attached hydrogen (secondary N) is 1. The fourth-order valence-corrected chi connectivity index (χ4v) is 2.57. The molecular formula is C10H13NO. The van der Waals surface area contributed by atoms with Gasteiger partial charge in [-0.1, -0.05) is 0 Å². The van der Waals surface area contributed by atoms with Gasteiger partial charge in [-0.3, -0.25) is 0 Å². The highest BCUT2D eigenvalue weighted by Crippen LogP contribution is 2.61. The van der Waals surface area contributed by atoms with E-state index in [4.69, 9.17) is 4.42 Å². The van der Waals surface area contributed by atoms with E-state index in [1.807, 2.05) is 13.3 Å². The molecule has 0 radical (unpaired) electrons. The lowest BCUT2D eigenvalue weighted by atomic mass is 9.99. The van der Waals surface area contributed by atoms with Crippen molar-refractivity contribution in [2.24, 2.45) is 5.41 Å². The Morgan fingerprint density at radius 1 is 1.58 bits per heavy atom. The Hall–Kier alpha value is -0.760. The van der Waals surface area contributed by atoms with E-state index in [0.717, 1.165) is 0 Å². The predicted molar refractivity (Wildman–Crippen MR) is 45.9 cm³/mol. The molecule has 0 bridgehead atoms. The van der Waals surface area contributed by atoms with E-state index in [2.05, 4.69) is 11.4 Å². The minimum Gasteiger partial charge on any atom is -0.467 e. The normalized spacial score (nSPS) is 29.2. The van der Waals surface area contributed by atoms with E-state index in [-0.39, 0.29) is 0 Å². The first-order chi connectivity index (χ1) is 5.86. The molecule has 0 amide bonds. The molecule has 3 rings (SSSR count). The molecule has 0 saturated heterocycles. The summed E-state index contributed by atoms with van der Waals surface area (Å²) in [7, 11) is 2.03. The van der Waals surface area contributed by atoms with Crippen molar-refractivity contribution in [3.8, 4) is 0 Å². The van der Waals surface area contributed by atoms with Crippen molar-refractivity contribution in [2.75, 3.05) is 7.05 Å². The van der Waals surface area contributed by atoms with E-state index >= 15 is 0 Å². The van der Waals surface area contributed by atoms with Gasteiger partial charge >= 0.3 is 0 Å². The van der Waals surface area contributed by atoms with Crippen LogP contribution < -0.4 is 5.32 Å². The molecule has 0 aliphatic heterocycles. The lowest BCUT2D eigenvalue weighted by molar-refractivity contribution is 0.338. The number of hydrogen-bond acceptors (Lipinski definition) is 2. The molecule has 1 saturated carbocycles. The Labute approximate surface area is 72.0 Å². The van der Waals surface area contributed by atoms with Gasteiger partial charge in [0.15, 0.2) is 0 Å². The average Bonchev–Trinajstić information content (AvgIpc) is 2.53. The maximum absolute atomic E-state index is 5.49. The minimum absolute atomic E-state index is 0.488. The van der Waals surface area contributed by atoms with Crippen LogP contribution in [0.1, 0.15) is 30.2 Å². The zero-order valence-corrected chi connectivity index (χ0v) is 7.26. The molecule has 1 spiro atoms. The fraction of sp³-hybridized carbons (Fsp3) is 0.600.